The summed E-state index contributed by atoms with van der Waals surface area (Å²) in [4.78, 5) is 16.0. The zero-order chi connectivity index (χ0) is 14.7. The third-order valence-electron chi connectivity index (χ3n) is 2.87. The molecule has 0 unspecified atom stereocenters. The van der Waals surface area contributed by atoms with E-state index in [-0.39, 0.29) is 12.4 Å². The van der Waals surface area contributed by atoms with E-state index in [2.05, 4.69) is 46.9 Å². The molecule has 0 bridgehead atoms. The Morgan fingerprint density at radius 3 is 2.60 bits per heavy atom. The monoisotopic (exact) mass is 353 g/mol. The predicted octanol–water partition coefficient (Wildman–Crippen LogP) is 4.30. The first-order valence-electron chi connectivity index (χ1n) is 6.38. The molecule has 0 aliphatic carbocycles. The summed E-state index contributed by atoms with van der Waals surface area (Å²) in [5.74, 6) is -0.229. The highest BCUT2D eigenvalue weighted by molar-refractivity contribution is 9.10. The van der Waals surface area contributed by atoms with Crippen molar-refractivity contribution in [3.63, 3.8) is 0 Å². The van der Waals surface area contributed by atoms with Crippen LogP contribution in [0.2, 0.25) is 0 Å². The van der Waals surface area contributed by atoms with E-state index in [1.807, 2.05) is 5.38 Å². The van der Waals surface area contributed by atoms with Gasteiger partial charge >= 0.3 is 5.97 Å². The van der Waals surface area contributed by atoms with Crippen LogP contribution in [-0.2, 0) is 16.0 Å². The molecule has 3 nitrogen and oxygen atoms in total. The van der Waals surface area contributed by atoms with Gasteiger partial charge in [-0.15, -0.1) is 11.3 Å². The standard InChI is InChI=1S/C15H16BrNO2S/c1-4-19-13(18)7-12-8-20-15(17-12)11-5-9(2)14(16)10(3)6-11/h5-6,8H,4,7H2,1-3H3. The molecule has 0 spiro atoms. The summed E-state index contributed by atoms with van der Waals surface area (Å²) >= 11 is 5.11. The second kappa shape index (κ2) is 6.50. The van der Waals surface area contributed by atoms with Gasteiger partial charge in [-0.3, -0.25) is 4.79 Å². The summed E-state index contributed by atoms with van der Waals surface area (Å²) in [7, 11) is 0. The van der Waals surface area contributed by atoms with Crippen LogP contribution in [0.15, 0.2) is 22.0 Å². The maximum Gasteiger partial charge on any atom is 0.311 e. The van der Waals surface area contributed by atoms with Crippen molar-refractivity contribution in [2.24, 2.45) is 0 Å². The molecular weight excluding hydrogens is 338 g/mol. The first-order chi connectivity index (χ1) is 9.51. The second-order valence-electron chi connectivity index (χ2n) is 4.55. The number of thiazole rings is 1. The zero-order valence-electron chi connectivity index (χ0n) is 11.7. The summed E-state index contributed by atoms with van der Waals surface area (Å²) in [5.41, 5.74) is 4.22. The molecule has 0 N–H and O–H groups in total. The van der Waals surface area contributed by atoms with Gasteiger partial charge in [0.25, 0.3) is 0 Å². The van der Waals surface area contributed by atoms with Gasteiger partial charge in [0.15, 0.2) is 0 Å². The fourth-order valence-electron chi connectivity index (χ4n) is 1.95. The molecule has 1 heterocycles. The Kier molecular flexibility index (Phi) is 4.94. The molecule has 5 heteroatoms. The SMILES string of the molecule is CCOC(=O)Cc1csc(-c2cc(C)c(Br)c(C)c2)n1. The highest BCUT2D eigenvalue weighted by Crippen LogP contribution is 2.30. The van der Waals surface area contributed by atoms with Gasteiger partial charge in [-0.25, -0.2) is 4.98 Å². The quantitative estimate of drug-likeness (QED) is 0.769. The van der Waals surface area contributed by atoms with E-state index >= 15 is 0 Å². The van der Waals surface area contributed by atoms with E-state index < -0.39 is 0 Å². The molecule has 0 saturated carbocycles. The highest BCUT2D eigenvalue weighted by Gasteiger charge is 2.11. The Labute approximate surface area is 131 Å². The van der Waals surface area contributed by atoms with Gasteiger partial charge in [0.2, 0.25) is 0 Å². The van der Waals surface area contributed by atoms with Crippen LogP contribution in [0.1, 0.15) is 23.7 Å². The number of aryl methyl sites for hydroxylation is 2. The van der Waals surface area contributed by atoms with Crippen LogP contribution >= 0.6 is 27.3 Å². The Morgan fingerprint density at radius 1 is 1.35 bits per heavy atom. The highest BCUT2D eigenvalue weighted by atomic mass is 79.9. The minimum Gasteiger partial charge on any atom is -0.466 e. The van der Waals surface area contributed by atoms with Crippen molar-refractivity contribution in [2.75, 3.05) is 6.61 Å². The van der Waals surface area contributed by atoms with Crippen LogP contribution in [0.3, 0.4) is 0 Å². The van der Waals surface area contributed by atoms with E-state index in [1.165, 1.54) is 11.1 Å². The Bertz CT molecular complexity index is 614. The second-order valence-corrected chi connectivity index (χ2v) is 6.20. The Hall–Kier alpha value is -1.20. The molecule has 0 saturated heterocycles. The number of carbonyl (C=O) groups is 1. The number of ether oxygens (including phenoxy) is 1. The molecule has 1 aromatic carbocycles. The van der Waals surface area contributed by atoms with Crippen molar-refractivity contribution in [3.05, 3.63) is 38.8 Å². The topological polar surface area (TPSA) is 39.2 Å². The minimum absolute atomic E-state index is 0.229. The summed E-state index contributed by atoms with van der Waals surface area (Å²) in [6.07, 6.45) is 0.235. The van der Waals surface area contributed by atoms with Crippen molar-refractivity contribution in [3.8, 4) is 10.6 Å². The van der Waals surface area contributed by atoms with E-state index in [1.54, 1.807) is 18.3 Å². The fourth-order valence-corrected chi connectivity index (χ4v) is 2.99. The number of rotatable bonds is 4. The number of benzene rings is 1. The van der Waals surface area contributed by atoms with Gasteiger partial charge in [-0.05, 0) is 44.0 Å². The number of esters is 1. The Morgan fingerprint density at radius 2 is 2.00 bits per heavy atom. The summed E-state index contributed by atoms with van der Waals surface area (Å²) in [6, 6.07) is 4.20. The summed E-state index contributed by atoms with van der Waals surface area (Å²) in [6.45, 7) is 6.33. The van der Waals surface area contributed by atoms with E-state index in [4.69, 9.17) is 4.74 Å². The van der Waals surface area contributed by atoms with Crippen LogP contribution in [0, 0.1) is 13.8 Å². The fraction of sp³-hybridized carbons (Fsp3) is 0.333. The van der Waals surface area contributed by atoms with Crippen molar-refractivity contribution >= 4 is 33.2 Å². The molecule has 20 heavy (non-hydrogen) atoms. The number of hydrogen-bond acceptors (Lipinski definition) is 4. The summed E-state index contributed by atoms with van der Waals surface area (Å²) in [5, 5.41) is 2.85. The lowest BCUT2D eigenvalue weighted by atomic mass is 10.1. The molecule has 2 aromatic rings. The van der Waals surface area contributed by atoms with E-state index in [0.717, 1.165) is 20.7 Å². The van der Waals surface area contributed by atoms with Crippen LogP contribution in [0.5, 0.6) is 0 Å². The normalized spacial score (nSPS) is 10.6. The Balaban J connectivity index is 2.22. The number of halogens is 1. The molecule has 2 rings (SSSR count). The molecule has 0 atom stereocenters. The average Bonchev–Trinajstić information content (AvgIpc) is 2.84. The molecule has 0 aliphatic rings. The van der Waals surface area contributed by atoms with Crippen LogP contribution < -0.4 is 0 Å². The van der Waals surface area contributed by atoms with Gasteiger partial charge < -0.3 is 4.74 Å². The molecule has 106 valence electrons. The maximum absolute atomic E-state index is 11.4. The molecule has 0 amide bonds. The van der Waals surface area contributed by atoms with Gasteiger partial charge in [0, 0.05) is 15.4 Å². The third kappa shape index (κ3) is 3.46. The molecule has 1 aromatic heterocycles. The first kappa shape index (κ1) is 15.2. The van der Waals surface area contributed by atoms with Gasteiger partial charge in [-0.2, -0.15) is 0 Å². The number of carbonyl (C=O) groups excluding carboxylic acids is 1. The van der Waals surface area contributed by atoms with Crippen LogP contribution in [0.25, 0.3) is 10.6 Å². The zero-order valence-corrected chi connectivity index (χ0v) is 14.1. The van der Waals surface area contributed by atoms with E-state index in [9.17, 15) is 4.79 Å². The molecular formula is C15H16BrNO2S. The van der Waals surface area contributed by atoms with Gasteiger partial charge in [0.1, 0.15) is 5.01 Å². The van der Waals surface area contributed by atoms with Gasteiger partial charge in [-0.1, -0.05) is 15.9 Å². The minimum atomic E-state index is -0.229. The lowest BCUT2D eigenvalue weighted by Gasteiger charge is -2.05. The number of hydrogen-bond donors (Lipinski definition) is 0. The maximum atomic E-state index is 11.4. The lowest BCUT2D eigenvalue weighted by molar-refractivity contribution is -0.142. The van der Waals surface area contributed by atoms with Crippen LogP contribution in [0.4, 0.5) is 0 Å². The number of nitrogens with zero attached hydrogens (tertiary/aromatic N) is 1. The van der Waals surface area contributed by atoms with Crippen molar-refractivity contribution in [2.45, 2.75) is 27.2 Å². The average molecular weight is 354 g/mol. The number of aromatic nitrogens is 1. The molecule has 0 aliphatic heterocycles. The smallest absolute Gasteiger partial charge is 0.311 e. The molecule has 0 radical (unpaired) electrons. The first-order valence-corrected chi connectivity index (χ1v) is 8.05. The van der Waals surface area contributed by atoms with Crippen molar-refractivity contribution in [1.82, 2.24) is 4.98 Å². The van der Waals surface area contributed by atoms with Crippen molar-refractivity contribution in [1.29, 1.82) is 0 Å². The van der Waals surface area contributed by atoms with Crippen molar-refractivity contribution < 1.29 is 9.53 Å². The van der Waals surface area contributed by atoms with Crippen LogP contribution in [-0.4, -0.2) is 17.6 Å². The molecule has 0 fully saturated rings. The summed E-state index contributed by atoms with van der Waals surface area (Å²) < 4.78 is 6.06. The van der Waals surface area contributed by atoms with Gasteiger partial charge in [0.05, 0.1) is 18.7 Å². The lowest BCUT2D eigenvalue weighted by Crippen LogP contribution is -2.07. The van der Waals surface area contributed by atoms with E-state index in [0.29, 0.717) is 6.61 Å². The predicted molar refractivity (Wildman–Crippen MR) is 85.1 cm³/mol. The third-order valence-corrected chi connectivity index (χ3v) is 5.06. The largest absolute Gasteiger partial charge is 0.466 e.